The summed E-state index contributed by atoms with van der Waals surface area (Å²) in [6.07, 6.45) is -0.213. The maximum atomic E-state index is 13.1. The van der Waals surface area contributed by atoms with Gasteiger partial charge in [-0.05, 0) is 30.4 Å². The van der Waals surface area contributed by atoms with Crippen molar-refractivity contribution in [1.82, 2.24) is 4.98 Å². The van der Waals surface area contributed by atoms with Crippen LogP contribution in [0.3, 0.4) is 0 Å². The molecule has 0 saturated heterocycles. The van der Waals surface area contributed by atoms with E-state index in [1.54, 1.807) is 11.4 Å². The summed E-state index contributed by atoms with van der Waals surface area (Å²) in [4.78, 5) is 3.53. The lowest BCUT2D eigenvalue weighted by molar-refractivity contribution is -0.730. The first kappa shape index (κ1) is 22.4. The van der Waals surface area contributed by atoms with Crippen LogP contribution in [-0.2, 0) is 16.4 Å². The van der Waals surface area contributed by atoms with E-state index in [2.05, 4.69) is 38.5 Å². The number of aliphatic hydroxyl groups is 3. The third-order valence-corrected chi connectivity index (χ3v) is 10.4. The van der Waals surface area contributed by atoms with E-state index >= 15 is 0 Å². The summed E-state index contributed by atoms with van der Waals surface area (Å²) in [6.45, 7) is 14.1. The quantitative estimate of drug-likeness (QED) is 0.272. The number of rotatable bonds is 2. The van der Waals surface area contributed by atoms with Gasteiger partial charge in [0.25, 0.3) is 0 Å². The van der Waals surface area contributed by atoms with Crippen LogP contribution in [0.1, 0.15) is 57.9 Å². The van der Waals surface area contributed by atoms with Gasteiger partial charge < -0.3 is 25.6 Å². The van der Waals surface area contributed by atoms with E-state index in [-0.39, 0.29) is 5.92 Å². The van der Waals surface area contributed by atoms with Crippen LogP contribution >= 0.6 is 11.6 Å². The maximum Gasteiger partial charge on any atom is 0.151 e. The lowest BCUT2D eigenvalue weighted by Gasteiger charge is -2.67. The van der Waals surface area contributed by atoms with Crippen molar-refractivity contribution in [2.24, 2.45) is 11.3 Å². The van der Waals surface area contributed by atoms with Gasteiger partial charge in [-0.15, -0.1) is 18.2 Å². The van der Waals surface area contributed by atoms with Gasteiger partial charge in [0.05, 0.1) is 11.5 Å². The van der Waals surface area contributed by atoms with Crippen LogP contribution in [0.5, 0.6) is 0 Å². The fraction of sp³-hybridized carbons (Fsp3) is 0.577. The summed E-state index contributed by atoms with van der Waals surface area (Å²) < 4.78 is 0. The molecule has 174 valence electrons. The van der Waals surface area contributed by atoms with Crippen molar-refractivity contribution in [1.29, 1.82) is 0 Å². The van der Waals surface area contributed by atoms with E-state index in [4.69, 9.17) is 11.6 Å². The second kappa shape index (κ2) is 6.19. The highest BCUT2D eigenvalue weighted by Gasteiger charge is 2.79. The van der Waals surface area contributed by atoms with Crippen molar-refractivity contribution in [2.75, 3.05) is 0 Å². The number of nitrogens with one attached hydrogen (secondary N) is 1. The SMILES string of the molecule is C=C[C@@]1(C)[C@H](Cl)C[C@@H]2C(C)(C)c3cccc4[nH]c5c(c34)[C@@]2(O)[C@]1([NH2+][CH2-])[C@@H](O)[C@H](O)C5(C)C. The molecule has 1 heterocycles. The molecule has 3 aliphatic carbocycles. The Bertz CT molecular complexity index is 1140. The number of nitrogens with two attached hydrogens (primary N) is 1. The molecule has 3 aliphatic rings. The van der Waals surface area contributed by atoms with Gasteiger partial charge in [-0.3, -0.25) is 0 Å². The molecule has 6 N–H and O–H groups in total. The fourth-order valence-corrected chi connectivity index (χ4v) is 8.19. The summed E-state index contributed by atoms with van der Waals surface area (Å²) in [7, 11) is 4.15. The van der Waals surface area contributed by atoms with E-state index < -0.39 is 45.0 Å². The molecule has 1 aromatic heterocycles. The second-order valence-corrected chi connectivity index (χ2v) is 12.0. The molecule has 0 amide bonds. The fourth-order valence-electron chi connectivity index (χ4n) is 7.74. The molecule has 5 nitrogen and oxygen atoms in total. The van der Waals surface area contributed by atoms with E-state index in [1.165, 1.54) is 0 Å². The molecule has 32 heavy (non-hydrogen) atoms. The number of alkyl halides is 1. The minimum atomic E-state index is -1.53. The molecule has 1 fully saturated rings. The first-order chi connectivity index (χ1) is 14.8. The summed E-state index contributed by atoms with van der Waals surface area (Å²) >= 11 is 7.11. The van der Waals surface area contributed by atoms with E-state index in [1.807, 2.05) is 32.9 Å². The zero-order valence-electron chi connectivity index (χ0n) is 19.5. The Morgan fingerprint density at radius 3 is 2.41 bits per heavy atom. The first-order valence-corrected chi connectivity index (χ1v) is 11.9. The summed E-state index contributed by atoms with van der Waals surface area (Å²) in [5.74, 6) is -0.313. The van der Waals surface area contributed by atoms with E-state index in [0.29, 0.717) is 6.42 Å². The third-order valence-electron chi connectivity index (χ3n) is 9.79. The van der Waals surface area contributed by atoms with Crippen LogP contribution in [0.2, 0.25) is 0 Å². The van der Waals surface area contributed by atoms with E-state index in [0.717, 1.165) is 27.7 Å². The van der Waals surface area contributed by atoms with Gasteiger partial charge in [-0.25, -0.2) is 0 Å². The highest BCUT2D eigenvalue weighted by atomic mass is 35.5. The van der Waals surface area contributed by atoms with Gasteiger partial charge in [0.2, 0.25) is 0 Å². The van der Waals surface area contributed by atoms with Gasteiger partial charge in [0.15, 0.2) is 5.60 Å². The number of benzene rings is 1. The molecule has 0 spiro atoms. The Labute approximate surface area is 194 Å². The van der Waals surface area contributed by atoms with Gasteiger partial charge >= 0.3 is 0 Å². The minimum absolute atomic E-state index is 0.313. The number of quaternary nitrogens is 1. The molecule has 1 saturated carbocycles. The summed E-state index contributed by atoms with van der Waals surface area (Å²) in [5.41, 5.74) is -1.51. The molecular formula is C26H35ClN2O3. The smallest absolute Gasteiger partial charge is 0.151 e. The number of halogens is 1. The predicted molar refractivity (Wildman–Crippen MR) is 126 cm³/mol. The van der Waals surface area contributed by atoms with Crippen LogP contribution in [0, 0.1) is 18.4 Å². The Morgan fingerprint density at radius 1 is 1.16 bits per heavy atom. The second-order valence-electron chi connectivity index (χ2n) is 11.5. The molecule has 0 unspecified atom stereocenters. The van der Waals surface area contributed by atoms with Crippen molar-refractivity contribution in [3.63, 3.8) is 0 Å². The Kier molecular flexibility index (Phi) is 4.34. The van der Waals surface area contributed by atoms with Crippen LogP contribution in [0.4, 0.5) is 0 Å². The standard InChI is InChI=1S/C26H35ClN2O3/c1-8-24(6)16(27)12-15-22(2,3)13-10-9-11-14-17(13)18-19(29-14)23(4,5)20(30)21(31)26(24,28-7)25(15,18)32/h8-11,15-16,20-21,29-32H,1,7,12,28H2,2-6H3/t15-,16-,20+,21+,24+,25-,26+/m1/s1. The molecule has 0 bridgehead atoms. The van der Waals surface area contributed by atoms with E-state index in [9.17, 15) is 15.3 Å². The normalized spacial score (nSPS) is 43.7. The molecule has 0 aliphatic heterocycles. The van der Waals surface area contributed by atoms with Crippen LogP contribution in [0.25, 0.3) is 10.9 Å². The van der Waals surface area contributed by atoms with Crippen molar-refractivity contribution >= 4 is 22.5 Å². The maximum absolute atomic E-state index is 13.1. The molecule has 6 heteroatoms. The number of aliphatic hydroxyl groups excluding tert-OH is 2. The zero-order chi connectivity index (χ0) is 23.6. The van der Waals surface area contributed by atoms with Crippen molar-refractivity contribution in [2.45, 2.75) is 80.6 Å². The largest absolute Gasteiger partial charge is 0.468 e. The number of hydrogen-bond donors (Lipinski definition) is 5. The monoisotopic (exact) mass is 458 g/mol. The predicted octanol–water partition coefficient (Wildman–Crippen LogP) is 2.57. The molecule has 2 aromatic rings. The number of H-pyrrole nitrogens is 1. The van der Waals surface area contributed by atoms with Gasteiger partial charge in [0, 0.05) is 38.9 Å². The highest BCUT2D eigenvalue weighted by Crippen LogP contribution is 2.68. The number of aromatic nitrogens is 1. The molecule has 1 aromatic carbocycles. The minimum Gasteiger partial charge on any atom is -0.468 e. The number of aromatic amines is 1. The summed E-state index contributed by atoms with van der Waals surface area (Å²) in [5, 5.41) is 39.0. The van der Waals surface area contributed by atoms with Crippen molar-refractivity contribution < 1.29 is 20.6 Å². The van der Waals surface area contributed by atoms with Gasteiger partial charge in [-0.1, -0.05) is 45.9 Å². The topological polar surface area (TPSA) is 93.1 Å². The van der Waals surface area contributed by atoms with Crippen molar-refractivity contribution in [3.05, 3.63) is 54.7 Å². The zero-order valence-corrected chi connectivity index (χ0v) is 20.3. The Morgan fingerprint density at radius 2 is 1.81 bits per heavy atom. The average molecular weight is 459 g/mol. The van der Waals surface area contributed by atoms with Gasteiger partial charge in [0.1, 0.15) is 11.6 Å². The molecule has 7 atom stereocenters. The Balaban J connectivity index is 2.08. The first-order valence-electron chi connectivity index (χ1n) is 11.4. The van der Waals surface area contributed by atoms with Crippen LogP contribution < -0.4 is 5.32 Å². The summed E-state index contributed by atoms with van der Waals surface area (Å²) in [6, 6.07) is 6.18. The van der Waals surface area contributed by atoms with Crippen LogP contribution in [-0.4, -0.2) is 43.4 Å². The molecular weight excluding hydrogens is 424 g/mol. The van der Waals surface area contributed by atoms with Crippen molar-refractivity contribution in [3.8, 4) is 0 Å². The lowest BCUT2D eigenvalue weighted by atomic mass is 9.42. The van der Waals surface area contributed by atoms with Gasteiger partial charge in [-0.2, -0.15) is 7.05 Å². The lowest BCUT2D eigenvalue weighted by Crippen LogP contribution is -3.06. The van der Waals surface area contributed by atoms with Crippen LogP contribution in [0.15, 0.2) is 30.9 Å². The molecule has 5 rings (SSSR count). The number of hydrogen-bond acceptors (Lipinski definition) is 3. The Hall–Kier alpha value is -1.37. The third kappa shape index (κ3) is 2.00. The highest BCUT2D eigenvalue weighted by molar-refractivity contribution is 6.21. The average Bonchev–Trinajstić information content (AvgIpc) is 3.14. The molecule has 0 radical (unpaired) electrons.